The third-order valence-electron chi connectivity index (χ3n) is 3.85. The molecule has 1 saturated heterocycles. The van der Waals surface area contributed by atoms with Gasteiger partial charge in [0, 0.05) is 5.02 Å². The Labute approximate surface area is 163 Å². The molecule has 27 heavy (non-hydrogen) atoms. The highest BCUT2D eigenvalue weighted by atomic mass is 35.5. The summed E-state index contributed by atoms with van der Waals surface area (Å²) in [5.41, 5.74) is 1.52. The summed E-state index contributed by atoms with van der Waals surface area (Å²) >= 11 is 6.78. The second kappa shape index (κ2) is 7.94. The molecule has 1 aliphatic heterocycles. The van der Waals surface area contributed by atoms with Crippen LogP contribution in [0.3, 0.4) is 0 Å². The number of rotatable bonds is 4. The van der Waals surface area contributed by atoms with E-state index in [0.29, 0.717) is 16.7 Å². The number of halogens is 2. The molecule has 0 aliphatic carbocycles. The predicted octanol–water partition coefficient (Wildman–Crippen LogP) is 4.50. The van der Waals surface area contributed by atoms with Crippen molar-refractivity contribution < 1.29 is 23.5 Å². The Kier molecular flexibility index (Phi) is 5.62. The SMILES string of the molecule is COC(=O)c1ccc(/C=C2/SC(=O)N(Cc3ccc(F)cc3Cl)C2=O)cc1. The van der Waals surface area contributed by atoms with Crippen LogP contribution < -0.4 is 0 Å². The summed E-state index contributed by atoms with van der Waals surface area (Å²) in [7, 11) is 1.29. The third-order valence-corrected chi connectivity index (χ3v) is 5.11. The van der Waals surface area contributed by atoms with Crippen molar-refractivity contribution in [2.45, 2.75) is 6.54 Å². The van der Waals surface area contributed by atoms with Crippen LogP contribution in [0.5, 0.6) is 0 Å². The van der Waals surface area contributed by atoms with Crippen molar-refractivity contribution in [3.8, 4) is 0 Å². The molecule has 0 atom stereocenters. The van der Waals surface area contributed by atoms with Gasteiger partial charge in [-0.2, -0.15) is 0 Å². The van der Waals surface area contributed by atoms with Gasteiger partial charge in [0.1, 0.15) is 5.82 Å². The molecule has 2 aromatic rings. The predicted molar refractivity (Wildman–Crippen MR) is 101 cm³/mol. The molecular formula is C19H13ClFNO4S. The molecule has 0 radical (unpaired) electrons. The van der Waals surface area contributed by atoms with E-state index in [-0.39, 0.29) is 16.5 Å². The number of ether oxygens (including phenoxy) is 1. The van der Waals surface area contributed by atoms with Crippen LogP contribution in [0.25, 0.3) is 6.08 Å². The van der Waals surface area contributed by atoms with Crippen molar-refractivity contribution in [2.75, 3.05) is 7.11 Å². The van der Waals surface area contributed by atoms with Crippen LogP contribution in [0.1, 0.15) is 21.5 Å². The fourth-order valence-electron chi connectivity index (χ4n) is 2.44. The molecule has 0 saturated carbocycles. The van der Waals surface area contributed by atoms with Crippen molar-refractivity contribution >= 4 is 46.6 Å². The second-order valence-electron chi connectivity index (χ2n) is 5.62. The van der Waals surface area contributed by atoms with E-state index < -0.39 is 22.9 Å². The summed E-state index contributed by atoms with van der Waals surface area (Å²) in [6.07, 6.45) is 1.57. The second-order valence-corrected chi connectivity index (χ2v) is 7.02. The van der Waals surface area contributed by atoms with E-state index in [0.717, 1.165) is 22.7 Å². The molecule has 8 heteroatoms. The summed E-state index contributed by atoms with van der Waals surface area (Å²) in [5, 5.41) is -0.283. The van der Waals surface area contributed by atoms with Gasteiger partial charge in [0.2, 0.25) is 0 Å². The van der Waals surface area contributed by atoms with Gasteiger partial charge in [0.05, 0.1) is 24.1 Å². The van der Waals surface area contributed by atoms with Gasteiger partial charge in [-0.1, -0.05) is 29.8 Å². The first-order valence-corrected chi connectivity index (χ1v) is 8.96. The molecule has 1 fully saturated rings. The van der Waals surface area contributed by atoms with Gasteiger partial charge in [0.25, 0.3) is 11.1 Å². The Morgan fingerprint density at radius 3 is 2.56 bits per heavy atom. The van der Waals surface area contributed by atoms with Gasteiger partial charge in [-0.05, 0) is 53.2 Å². The summed E-state index contributed by atoms with van der Waals surface area (Å²) in [6, 6.07) is 10.2. The lowest BCUT2D eigenvalue weighted by atomic mass is 10.1. The lowest BCUT2D eigenvalue weighted by Crippen LogP contribution is -2.27. The van der Waals surface area contributed by atoms with Crippen LogP contribution in [0.15, 0.2) is 47.4 Å². The Bertz CT molecular complexity index is 959. The average Bonchev–Trinajstić information content (AvgIpc) is 2.91. The Morgan fingerprint density at radius 1 is 1.22 bits per heavy atom. The molecule has 138 valence electrons. The Morgan fingerprint density at radius 2 is 1.93 bits per heavy atom. The first-order valence-electron chi connectivity index (χ1n) is 7.76. The number of hydrogen-bond donors (Lipinski definition) is 0. The van der Waals surface area contributed by atoms with E-state index in [1.165, 1.54) is 19.2 Å². The Balaban J connectivity index is 1.79. The molecule has 2 aromatic carbocycles. The third kappa shape index (κ3) is 4.20. The number of methoxy groups -OCH3 is 1. The first kappa shape index (κ1) is 19.1. The maximum Gasteiger partial charge on any atom is 0.337 e. The van der Waals surface area contributed by atoms with Gasteiger partial charge in [0.15, 0.2) is 0 Å². The Hall–Kier alpha value is -2.64. The van der Waals surface area contributed by atoms with E-state index in [1.807, 2.05) is 0 Å². The number of nitrogens with zero attached hydrogens (tertiary/aromatic N) is 1. The van der Waals surface area contributed by atoms with Crippen LogP contribution in [0.4, 0.5) is 9.18 Å². The summed E-state index contributed by atoms with van der Waals surface area (Å²) < 4.78 is 17.8. The number of hydrogen-bond acceptors (Lipinski definition) is 5. The zero-order valence-electron chi connectivity index (χ0n) is 14.1. The number of carbonyl (C=O) groups excluding carboxylic acids is 3. The lowest BCUT2D eigenvalue weighted by Gasteiger charge is -2.13. The van der Waals surface area contributed by atoms with Crippen molar-refractivity contribution in [1.29, 1.82) is 0 Å². The quantitative estimate of drug-likeness (QED) is 0.553. The van der Waals surface area contributed by atoms with Gasteiger partial charge in [-0.15, -0.1) is 0 Å². The molecule has 0 aromatic heterocycles. The smallest absolute Gasteiger partial charge is 0.337 e. The fourth-order valence-corrected chi connectivity index (χ4v) is 3.51. The van der Waals surface area contributed by atoms with E-state index in [9.17, 15) is 18.8 Å². The highest BCUT2D eigenvalue weighted by molar-refractivity contribution is 8.18. The van der Waals surface area contributed by atoms with Crippen molar-refractivity contribution in [3.05, 3.63) is 74.9 Å². The van der Waals surface area contributed by atoms with Gasteiger partial charge in [-0.25, -0.2) is 9.18 Å². The lowest BCUT2D eigenvalue weighted by molar-refractivity contribution is -0.123. The zero-order valence-corrected chi connectivity index (χ0v) is 15.6. The molecule has 3 rings (SSSR count). The minimum absolute atomic E-state index is 0.0393. The summed E-state index contributed by atoms with van der Waals surface area (Å²) in [5.74, 6) is -1.41. The topological polar surface area (TPSA) is 63.7 Å². The number of carbonyl (C=O) groups is 3. The number of amides is 2. The minimum atomic E-state index is -0.492. The highest BCUT2D eigenvalue weighted by Crippen LogP contribution is 2.34. The number of imide groups is 1. The molecule has 1 heterocycles. The first-order chi connectivity index (χ1) is 12.9. The van der Waals surface area contributed by atoms with Crippen LogP contribution in [-0.2, 0) is 16.1 Å². The largest absolute Gasteiger partial charge is 0.465 e. The molecule has 2 amide bonds. The maximum atomic E-state index is 13.1. The van der Waals surface area contributed by atoms with E-state index in [4.69, 9.17) is 11.6 Å². The molecule has 0 bridgehead atoms. The van der Waals surface area contributed by atoms with Crippen LogP contribution in [0.2, 0.25) is 5.02 Å². The average molecular weight is 406 g/mol. The highest BCUT2D eigenvalue weighted by Gasteiger charge is 2.35. The van der Waals surface area contributed by atoms with Crippen molar-refractivity contribution in [2.24, 2.45) is 0 Å². The standard InChI is InChI=1S/C19H13ClFNO4S/c1-26-18(24)12-4-2-11(3-5-12)8-16-17(23)22(19(25)27-16)10-13-6-7-14(21)9-15(13)20/h2-9H,10H2,1H3/b16-8+. The van der Waals surface area contributed by atoms with E-state index in [2.05, 4.69) is 4.74 Å². The van der Waals surface area contributed by atoms with E-state index in [1.54, 1.807) is 30.3 Å². The van der Waals surface area contributed by atoms with Crippen LogP contribution in [-0.4, -0.2) is 29.1 Å². The minimum Gasteiger partial charge on any atom is -0.465 e. The van der Waals surface area contributed by atoms with Crippen LogP contribution >= 0.6 is 23.4 Å². The fraction of sp³-hybridized carbons (Fsp3) is 0.105. The zero-order chi connectivity index (χ0) is 19.6. The summed E-state index contributed by atoms with van der Waals surface area (Å²) in [6.45, 7) is -0.0393. The van der Waals surface area contributed by atoms with Gasteiger partial charge in [-0.3, -0.25) is 14.5 Å². The molecular weight excluding hydrogens is 393 g/mol. The number of benzene rings is 2. The van der Waals surface area contributed by atoms with Gasteiger partial charge < -0.3 is 4.74 Å². The molecule has 5 nitrogen and oxygen atoms in total. The molecule has 0 unspecified atom stereocenters. The van der Waals surface area contributed by atoms with Gasteiger partial charge >= 0.3 is 5.97 Å². The summed E-state index contributed by atoms with van der Waals surface area (Å²) in [4.78, 5) is 37.5. The van der Waals surface area contributed by atoms with Crippen molar-refractivity contribution in [3.63, 3.8) is 0 Å². The van der Waals surface area contributed by atoms with Crippen LogP contribution in [0, 0.1) is 5.82 Å². The number of esters is 1. The monoisotopic (exact) mass is 405 g/mol. The molecule has 1 aliphatic rings. The van der Waals surface area contributed by atoms with Crippen molar-refractivity contribution in [1.82, 2.24) is 4.90 Å². The number of thioether (sulfide) groups is 1. The van der Waals surface area contributed by atoms with E-state index >= 15 is 0 Å². The maximum absolute atomic E-state index is 13.1. The molecule has 0 spiro atoms. The normalized spacial score (nSPS) is 15.5. The molecule has 0 N–H and O–H groups in total.